The molecule has 17 aromatic heterocycles. The molecule has 85 heavy (non-hydrogen) atoms. The van der Waals surface area contributed by atoms with E-state index in [0.29, 0.717) is 0 Å². The van der Waals surface area contributed by atoms with Crippen LogP contribution in [0.5, 0.6) is 0 Å². The molecule has 0 aliphatic carbocycles. The highest BCUT2D eigenvalue weighted by Crippen LogP contribution is 2.67. The van der Waals surface area contributed by atoms with Crippen LogP contribution in [-0.2, 0) is 0 Å². The summed E-state index contributed by atoms with van der Waals surface area (Å²) in [6.45, 7) is 0. The van der Waals surface area contributed by atoms with Crippen molar-refractivity contribution in [3.8, 4) is 163 Å². The van der Waals surface area contributed by atoms with Crippen LogP contribution >= 0.6 is 193 Å². The molecule has 0 N–H and O–H groups in total. The molecule has 17 heteroatoms. The summed E-state index contributed by atoms with van der Waals surface area (Å²) in [6.07, 6.45) is 0. The molecule has 0 amide bonds. The summed E-state index contributed by atoms with van der Waals surface area (Å²) in [5.74, 6) is 0. The lowest BCUT2D eigenvalue weighted by Gasteiger charge is -2.09. The lowest BCUT2D eigenvalue weighted by Crippen LogP contribution is -1.84. The van der Waals surface area contributed by atoms with Crippen LogP contribution in [0.2, 0.25) is 0 Å². The van der Waals surface area contributed by atoms with Gasteiger partial charge < -0.3 is 0 Å². The van der Waals surface area contributed by atoms with Crippen LogP contribution in [0.15, 0.2) is 210 Å². The van der Waals surface area contributed by atoms with Crippen LogP contribution in [-0.4, -0.2) is 0 Å². The second kappa shape index (κ2) is 23.1. The van der Waals surface area contributed by atoms with Gasteiger partial charge in [0.25, 0.3) is 0 Å². The average molecular weight is 1400 g/mol. The van der Waals surface area contributed by atoms with Crippen LogP contribution < -0.4 is 0 Å². The van der Waals surface area contributed by atoms with Crippen molar-refractivity contribution in [3.05, 3.63) is 210 Å². The minimum atomic E-state index is 1.29. The zero-order valence-electron chi connectivity index (χ0n) is 43.7. The number of hydrogen-bond donors (Lipinski definition) is 0. The fourth-order valence-electron chi connectivity index (χ4n) is 11.2. The van der Waals surface area contributed by atoms with E-state index in [4.69, 9.17) is 0 Å². The minimum absolute atomic E-state index is 1.29. The molecule has 17 rings (SSSR count). The Morgan fingerprint density at radius 2 is 0.247 bits per heavy atom. The van der Waals surface area contributed by atoms with Crippen LogP contribution in [0.25, 0.3) is 163 Å². The van der Waals surface area contributed by atoms with Gasteiger partial charge in [-0.3, -0.25) is 0 Å². The number of rotatable bonds is 16. The summed E-state index contributed by atoms with van der Waals surface area (Å²) in [7, 11) is 0. The maximum Gasteiger partial charge on any atom is 0.0549 e. The molecule has 0 saturated carbocycles. The quantitative estimate of drug-likeness (QED) is 0.0904. The van der Waals surface area contributed by atoms with Gasteiger partial charge in [-0.15, -0.1) is 193 Å². The molecule has 0 saturated heterocycles. The highest BCUT2D eigenvalue weighted by Gasteiger charge is 2.37. The lowest BCUT2D eigenvalue weighted by molar-refractivity contribution is 1.78. The summed E-state index contributed by atoms with van der Waals surface area (Å²) < 4.78 is 0. The van der Waals surface area contributed by atoms with Crippen LogP contribution in [0.1, 0.15) is 0 Å². The van der Waals surface area contributed by atoms with Crippen molar-refractivity contribution in [2.24, 2.45) is 0 Å². The molecule has 0 aliphatic heterocycles. The van der Waals surface area contributed by atoms with Gasteiger partial charge in [-0.05, 0) is 137 Å². The molecule has 0 spiro atoms. The Labute approximate surface area is 558 Å². The van der Waals surface area contributed by atoms with E-state index in [0.717, 1.165) is 0 Å². The normalized spacial score (nSPS) is 11.8. The highest BCUT2D eigenvalue weighted by molar-refractivity contribution is 7.35. The van der Waals surface area contributed by atoms with Crippen LogP contribution in [0, 0.1) is 0 Å². The van der Waals surface area contributed by atoms with Gasteiger partial charge in [0.15, 0.2) is 0 Å². The molecular formula is C68H36S17. The minimum Gasteiger partial charge on any atom is -0.144 e. The van der Waals surface area contributed by atoms with E-state index in [9.17, 15) is 0 Å². The van der Waals surface area contributed by atoms with Crippen LogP contribution in [0.4, 0.5) is 0 Å². The van der Waals surface area contributed by atoms with E-state index in [1.165, 1.54) is 163 Å². The van der Waals surface area contributed by atoms with Crippen molar-refractivity contribution < 1.29 is 0 Å². The summed E-state index contributed by atoms with van der Waals surface area (Å²) in [5, 5.41) is 27.1. The molecular weight excluding hydrogens is 1360 g/mol. The van der Waals surface area contributed by atoms with Gasteiger partial charge in [0, 0.05) is 114 Å². The third-order valence-corrected chi connectivity index (χ3v) is 32.1. The first-order valence-corrected chi connectivity index (χ1v) is 41.2. The van der Waals surface area contributed by atoms with Gasteiger partial charge >= 0.3 is 0 Å². The first-order valence-electron chi connectivity index (χ1n) is 26.5. The Hall–Kier alpha value is -5.10. The summed E-state index contributed by atoms with van der Waals surface area (Å²) in [4.78, 5) is 28.9. The highest BCUT2D eigenvalue weighted by atomic mass is 32.2. The van der Waals surface area contributed by atoms with E-state index in [1.807, 2.05) is 193 Å². The van der Waals surface area contributed by atoms with E-state index in [2.05, 4.69) is 210 Å². The maximum absolute atomic E-state index is 2.37. The zero-order valence-corrected chi connectivity index (χ0v) is 57.6. The largest absolute Gasteiger partial charge is 0.144 e. The van der Waals surface area contributed by atoms with Crippen LogP contribution in [0.3, 0.4) is 0 Å². The lowest BCUT2D eigenvalue weighted by atomic mass is 9.96. The zero-order chi connectivity index (χ0) is 56.0. The topological polar surface area (TPSA) is 0 Å². The van der Waals surface area contributed by atoms with Gasteiger partial charge in [0.2, 0.25) is 0 Å². The standard InChI is InChI=1S/C68H36S17/c1-13-37(69-25-1)49-51(39-15-3-27-71-39)61(81-59(49)47-23-11-35-79-47)63-53(41-17-5-29-73-41)55(43-19-7-31-75-43)65(83-63)67-57(45-21-9-33-77-45)58(46-22-10-34-78-46)68(85-67)66-56(44-20-8-32-76-44)54(42-18-6-30-74-42)64(84-66)62-52(40-16-4-28-72-40)50(38-14-2-26-70-38)60(82-62)48-24-12-36-80-48/h1-36H. The molecule has 17 aromatic rings. The summed E-state index contributed by atoms with van der Waals surface area (Å²) >= 11 is 32.3. The summed E-state index contributed by atoms with van der Waals surface area (Å²) in [6, 6.07) is 55.0. The van der Waals surface area contributed by atoms with Gasteiger partial charge in [-0.25, -0.2) is 0 Å². The molecule has 0 aliphatic rings. The molecule has 0 fully saturated rings. The van der Waals surface area contributed by atoms with E-state index in [-0.39, 0.29) is 0 Å². The molecule has 410 valence electrons. The third-order valence-electron chi connectivity index (χ3n) is 14.5. The van der Waals surface area contributed by atoms with Crippen molar-refractivity contribution in [1.29, 1.82) is 0 Å². The number of hydrogen-bond acceptors (Lipinski definition) is 17. The predicted octanol–water partition coefficient (Wildman–Crippen LogP) is 29.4. The van der Waals surface area contributed by atoms with Crippen molar-refractivity contribution in [1.82, 2.24) is 0 Å². The molecule has 0 unspecified atom stereocenters. The smallest absolute Gasteiger partial charge is 0.0549 e. The van der Waals surface area contributed by atoms with Gasteiger partial charge in [0.05, 0.1) is 48.8 Å². The predicted molar refractivity (Wildman–Crippen MR) is 397 cm³/mol. The fourth-order valence-corrected chi connectivity index (χ4v) is 28.6. The van der Waals surface area contributed by atoms with Gasteiger partial charge in [0.1, 0.15) is 0 Å². The molecule has 17 heterocycles. The SMILES string of the molecule is c1csc(-c2sc(-c3sc(-c4sc(-c5sc(-c6sc(-c7cccs7)c(-c7cccs7)c6-c6cccs6)c(-c6cccs6)c5-c5cccs5)c(-c5cccs5)c4-c4cccs4)c(-c4cccs4)c3-c3cccs3)c(-c3cccs3)c2-c2cccs2)c1. The second-order valence-corrected chi connectivity index (χ2v) is 35.8. The molecule has 0 bridgehead atoms. The Kier molecular flexibility index (Phi) is 14.7. The Bertz CT molecular complexity index is 4660. The van der Waals surface area contributed by atoms with Gasteiger partial charge in [-0.2, -0.15) is 0 Å². The van der Waals surface area contributed by atoms with Crippen molar-refractivity contribution in [2.45, 2.75) is 0 Å². The first kappa shape index (κ1) is 54.1. The second-order valence-electron chi connectivity index (χ2n) is 19.3. The maximum atomic E-state index is 2.37. The van der Waals surface area contributed by atoms with Crippen molar-refractivity contribution >= 4 is 193 Å². The summed E-state index contributed by atoms with van der Waals surface area (Å²) in [5.41, 5.74) is 13.3. The van der Waals surface area contributed by atoms with E-state index >= 15 is 0 Å². The monoisotopic (exact) mass is 1400 g/mol. The molecule has 0 nitrogen and oxygen atoms in total. The fraction of sp³-hybridized carbons (Fsp3) is 0. The van der Waals surface area contributed by atoms with Crippen molar-refractivity contribution in [3.63, 3.8) is 0 Å². The molecule has 0 radical (unpaired) electrons. The average Bonchev–Trinajstić information content (AvgIpc) is 2.61. The van der Waals surface area contributed by atoms with Gasteiger partial charge in [-0.1, -0.05) is 72.8 Å². The van der Waals surface area contributed by atoms with E-state index < -0.39 is 0 Å². The first-order chi connectivity index (χ1) is 42.2. The molecule has 0 atom stereocenters. The number of thiophene rings is 17. The van der Waals surface area contributed by atoms with E-state index in [1.54, 1.807) is 0 Å². The third kappa shape index (κ3) is 9.39. The Balaban J connectivity index is 1.01. The van der Waals surface area contributed by atoms with Crippen molar-refractivity contribution in [2.75, 3.05) is 0 Å². The Morgan fingerprint density at radius 3 is 0.376 bits per heavy atom. The molecule has 0 aromatic carbocycles. The Morgan fingerprint density at radius 1 is 0.129 bits per heavy atom.